The van der Waals surface area contributed by atoms with Gasteiger partial charge in [0, 0.05) is 23.6 Å². The monoisotopic (exact) mass is 325 g/mol. The molecule has 4 heteroatoms. The molecule has 3 nitrogen and oxygen atoms in total. The number of halogens is 1. The molecule has 0 atom stereocenters. The molecule has 19 heavy (non-hydrogen) atoms. The SMILES string of the molecule is Cc1cc(Br)ccc1C(=O)N(C)CC1(O)CCCC1. The predicted octanol–water partition coefficient (Wildman–Crippen LogP) is 3.13. The molecule has 104 valence electrons. The van der Waals surface area contributed by atoms with Crippen molar-refractivity contribution in [2.24, 2.45) is 0 Å². The third-order valence-electron chi connectivity index (χ3n) is 3.83. The van der Waals surface area contributed by atoms with Crippen LogP contribution in [0.25, 0.3) is 0 Å². The summed E-state index contributed by atoms with van der Waals surface area (Å²) in [5.41, 5.74) is 0.963. The summed E-state index contributed by atoms with van der Waals surface area (Å²) in [6, 6.07) is 5.64. The highest BCUT2D eigenvalue weighted by Crippen LogP contribution is 2.30. The minimum absolute atomic E-state index is 0.0228. The van der Waals surface area contributed by atoms with E-state index in [4.69, 9.17) is 0 Å². The van der Waals surface area contributed by atoms with Crippen molar-refractivity contribution in [3.8, 4) is 0 Å². The minimum Gasteiger partial charge on any atom is -0.388 e. The molecule has 0 spiro atoms. The van der Waals surface area contributed by atoms with E-state index in [1.54, 1.807) is 11.9 Å². The van der Waals surface area contributed by atoms with Gasteiger partial charge in [0.05, 0.1) is 5.60 Å². The van der Waals surface area contributed by atoms with E-state index < -0.39 is 5.60 Å². The van der Waals surface area contributed by atoms with E-state index in [0.29, 0.717) is 12.1 Å². The van der Waals surface area contributed by atoms with E-state index in [-0.39, 0.29) is 5.91 Å². The first-order valence-electron chi connectivity index (χ1n) is 6.65. The van der Waals surface area contributed by atoms with Gasteiger partial charge in [-0.05, 0) is 43.5 Å². The van der Waals surface area contributed by atoms with Gasteiger partial charge in [0.2, 0.25) is 0 Å². The van der Waals surface area contributed by atoms with Gasteiger partial charge in [-0.1, -0.05) is 28.8 Å². The number of amides is 1. The molecule has 0 heterocycles. The van der Waals surface area contributed by atoms with Crippen molar-refractivity contribution in [3.05, 3.63) is 33.8 Å². The van der Waals surface area contributed by atoms with Gasteiger partial charge in [-0.3, -0.25) is 4.79 Å². The van der Waals surface area contributed by atoms with Crippen LogP contribution in [0.15, 0.2) is 22.7 Å². The van der Waals surface area contributed by atoms with Gasteiger partial charge >= 0.3 is 0 Å². The van der Waals surface area contributed by atoms with Crippen LogP contribution in [-0.4, -0.2) is 35.1 Å². The van der Waals surface area contributed by atoms with Gasteiger partial charge in [-0.25, -0.2) is 0 Å². The number of likely N-dealkylation sites (N-methyl/N-ethyl adjacent to an activating group) is 1. The predicted molar refractivity (Wildman–Crippen MR) is 79.3 cm³/mol. The van der Waals surface area contributed by atoms with Crippen LogP contribution in [0.1, 0.15) is 41.6 Å². The molecule has 0 unspecified atom stereocenters. The van der Waals surface area contributed by atoms with Gasteiger partial charge in [0.25, 0.3) is 5.91 Å². The molecule has 1 N–H and O–H groups in total. The molecule has 2 rings (SSSR count). The smallest absolute Gasteiger partial charge is 0.253 e. The van der Waals surface area contributed by atoms with Crippen molar-refractivity contribution in [1.29, 1.82) is 0 Å². The van der Waals surface area contributed by atoms with Gasteiger partial charge in [-0.2, -0.15) is 0 Å². The van der Waals surface area contributed by atoms with Crippen LogP contribution in [0.2, 0.25) is 0 Å². The van der Waals surface area contributed by atoms with Crippen LogP contribution in [0, 0.1) is 6.92 Å². The Hall–Kier alpha value is -0.870. The molecule has 1 amide bonds. The van der Waals surface area contributed by atoms with Crippen molar-refractivity contribution in [2.75, 3.05) is 13.6 Å². The molecular weight excluding hydrogens is 306 g/mol. The van der Waals surface area contributed by atoms with Crippen LogP contribution >= 0.6 is 15.9 Å². The Morgan fingerprint density at radius 3 is 2.63 bits per heavy atom. The lowest BCUT2D eigenvalue weighted by atomic mass is 10.0. The summed E-state index contributed by atoms with van der Waals surface area (Å²) < 4.78 is 0.971. The van der Waals surface area contributed by atoms with Crippen molar-refractivity contribution < 1.29 is 9.90 Å². The Morgan fingerprint density at radius 1 is 1.42 bits per heavy atom. The van der Waals surface area contributed by atoms with E-state index in [2.05, 4.69) is 15.9 Å². The van der Waals surface area contributed by atoms with Crippen molar-refractivity contribution in [3.63, 3.8) is 0 Å². The highest BCUT2D eigenvalue weighted by Gasteiger charge is 2.33. The summed E-state index contributed by atoms with van der Waals surface area (Å²) in [6.07, 6.45) is 3.69. The normalized spacial score (nSPS) is 17.5. The lowest BCUT2D eigenvalue weighted by molar-refractivity contribution is 0.0156. The number of benzene rings is 1. The first kappa shape index (κ1) is 14.5. The number of aryl methyl sites for hydroxylation is 1. The summed E-state index contributed by atoms with van der Waals surface area (Å²) in [5, 5.41) is 10.4. The lowest BCUT2D eigenvalue weighted by Crippen LogP contribution is -2.42. The molecule has 0 aliphatic heterocycles. The van der Waals surface area contributed by atoms with Crippen LogP contribution in [0.3, 0.4) is 0 Å². The summed E-state index contributed by atoms with van der Waals surface area (Å²) in [5.74, 6) is -0.0228. The van der Waals surface area contributed by atoms with E-state index in [1.165, 1.54) is 0 Å². The van der Waals surface area contributed by atoms with Crippen molar-refractivity contribution >= 4 is 21.8 Å². The van der Waals surface area contributed by atoms with Gasteiger partial charge in [0.15, 0.2) is 0 Å². The number of carbonyl (C=O) groups excluding carboxylic acids is 1. The second-order valence-corrected chi connectivity index (χ2v) is 6.47. The molecule has 0 saturated heterocycles. The molecule has 1 fully saturated rings. The molecule has 0 radical (unpaired) electrons. The standard InChI is InChI=1S/C15H20BrNO2/c1-11-9-12(16)5-6-13(11)14(18)17(2)10-15(19)7-3-4-8-15/h5-6,9,19H,3-4,7-8,10H2,1-2H3. The van der Waals surface area contributed by atoms with E-state index in [1.807, 2.05) is 25.1 Å². The second-order valence-electron chi connectivity index (χ2n) is 5.55. The van der Waals surface area contributed by atoms with Crippen LogP contribution in [-0.2, 0) is 0 Å². The summed E-state index contributed by atoms with van der Waals surface area (Å²) >= 11 is 3.40. The molecule has 1 aromatic carbocycles. The Balaban J connectivity index is 2.10. The highest BCUT2D eigenvalue weighted by atomic mass is 79.9. The maximum atomic E-state index is 12.4. The van der Waals surface area contributed by atoms with Crippen LogP contribution < -0.4 is 0 Å². The van der Waals surface area contributed by atoms with Crippen LogP contribution in [0.4, 0.5) is 0 Å². The Kier molecular flexibility index (Phi) is 4.31. The number of rotatable bonds is 3. The number of hydrogen-bond acceptors (Lipinski definition) is 2. The second kappa shape index (κ2) is 5.63. The fraction of sp³-hybridized carbons (Fsp3) is 0.533. The fourth-order valence-corrected chi connectivity index (χ4v) is 3.25. The molecule has 1 aromatic rings. The Morgan fingerprint density at radius 2 is 2.05 bits per heavy atom. The third kappa shape index (κ3) is 3.37. The lowest BCUT2D eigenvalue weighted by Gasteiger charge is -2.29. The molecule has 1 saturated carbocycles. The summed E-state index contributed by atoms with van der Waals surface area (Å²) in [4.78, 5) is 14.0. The minimum atomic E-state index is -0.687. The zero-order valence-electron chi connectivity index (χ0n) is 11.4. The number of nitrogens with zero attached hydrogens (tertiary/aromatic N) is 1. The molecule has 0 aromatic heterocycles. The first-order chi connectivity index (χ1) is 8.91. The highest BCUT2D eigenvalue weighted by molar-refractivity contribution is 9.10. The van der Waals surface area contributed by atoms with Gasteiger partial charge < -0.3 is 10.0 Å². The molecule has 1 aliphatic carbocycles. The molecular formula is C15H20BrNO2. The number of carbonyl (C=O) groups is 1. The van der Waals surface area contributed by atoms with Gasteiger partial charge in [-0.15, -0.1) is 0 Å². The number of aliphatic hydroxyl groups is 1. The fourth-order valence-electron chi connectivity index (χ4n) is 2.78. The number of hydrogen-bond donors (Lipinski definition) is 1. The topological polar surface area (TPSA) is 40.5 Å². The largest absolute Gasteiger partial charge is 0.388 e. The van der Waals surface area contributed by atoms with Crippen molar-refractivity contribution in [2.45, 2.75) is 38.2 Å². The van der Waals surface area contributed by atoms with Crippen molar-refractivity contribution in [1.82, 2.24) is 4.90 Å². The van der Waals surface area contributed by atoms with Gasteiger partial charge in [0.1, 0.15) is 0 Å². The van der Waals surface area contributed by atoms with E-state index in [9.17, 15) is 9.90 Å². The van der Waals surface area contributed by atoms with Crippen LogP contribution in [0.5, 0.6) is 0 Å². The maximum absolute atomic E-state index is 12.4. The summed E-state index contributed by atoms with van der Waals surface area (Å²) in [6.45, 7) is 2.34. The Labute approximate surface area is 122 Å². The van der Waals surface area contributed by atoms with E-state index >= 15 is 0 Å². The molecule has 0 bridgehead atoms. The maximum Gasteiger partial charge on any atom is 0.253 e. The average Bonchev–Trinajstić information content (AvgIpc) is 2.75. The third-order valence-corrected chi connectivity index (χ3v) is 4.32. The zero-order valence-corrected chi connectivity index (χ0v) is 13.0. The molecule has 1 aliphatic rings. The summed E-state index contributed by atoms with van der Waals surface area (Å²) in [7, 11) is 1.76. The zero-order chi connectivity index (χ0) is 14.0. The van der Waals surface area contributed by atoms with E-state index in [0.717, 1.165) is 35.7 Å². The quantitative estimate of drug-likeness (QED) is 0.927. The average molecular weight is 326 g/mol. The Bertz CT molecular complexity index is 481. The first-order valence-corrected chi connectivity index (χ1v) is 7.45.